The van der Waals surface area contributed by atoms with Gasteiger partial charge in [0.15, 0.2) is 0 Å². The number of nitrogens with zero attached hydrogens (tertiary/aromatic N) is 2. The van der Waals surface area contributed by atoms with Crippen molar-refractivity contribution in [1.29, 1.82) is 0 Å². The molecule has 0 spiro atoms. The number of rotatable bonds is 3. The number of carbonyl (C=O) groups excluding carboxylic acids is 1. The molecule has 1 fully saturated rings. The summed E-state index contributed by atoms with van der Waals surface area (Å²) in [6.45, 7) is 5.17. The van der Waals surface area contributed by atoms with Gasteiger partial charge in [0.1, 0.15) is 0 Å². The summed E-state index contributed by atoms with van der Waals surface area (Å²) in [6, 6.07) is 14.9. The van der Waals surface area contributed by atoms with Crippen LogP contribution in [0.15, 0.2) is 46.9 Å². The highest BCUT2D eigenvalue weighted by molar-refractivity contribution is 9.10. The maximum Gasteiger partial charge on any atom is 0.228 e. The zero-order valence-corrected chi connectivity index (χ0v) is 15.1. The van der Waals surface area contributed by atoms with Crippen molar-refractivity contribution < 1.29 is 4.79 Å². The van der Waals surface area contributed by atoms with Gasteiger partial charge >= 0.3 is 0 Å². The predicted molar refractivity (Wildman–Crippen MR) is 100 cm³/mol. The zero-order chi connectivity index (χ0) is 16.5. The highest BCUT2D eigenvalue weighted by Gasteiger charge is 2.20. The van der Waals surface area contributed by atoms with E-state index >= 15 is 0 Å². The average Bonchev–Trinajstić information content (AvgIpc) is 2.96. The Hall–Kier alpha value is -1.85. The molecule has 1 amide bonds. The molecule has 24 heavy (non-hydrogen) atoms. The Bertz CT molecular complexity index is 752. The van der Waals surface area contributed by atoms with Gasteiger partial charge in [0.2, 0.25) is 5.91 Å². The van der Waals surface area contributed by atoms with Crippen LogP contribution in [0.4, 0.5) is 11.4 Å². The Labute approximate surface area is 150 Å². The van der Waals surface area contributed by atoms with Crippen LogP contribution in [0.5, 0.6) is 0 Å². The summed E-state index contributed by atoms with van der Waals surface area (Å²) >= 11 is 3.49. The number of anilines is 2. The average molecular weight is 386 g/mol. The fraction of sp³-hybridized carbons (Fsp3) is 0.316. The predicted octanol–water partition coefficient (Wildman–Crippen LogP) is 3.27. The van der Waals surface area contributed by atoms with Crippen molar-refractivity contribution in [2.45, 2.75) is 13.0 Å². The highest BCUT2D eigenvalue weighted by atomic mass is 79.9. The second-order valence-corrected chi connectivity index (χ2v) is 7.37. The molecular formula is C19H20BrN3O. The molecule has 0 bridgehead atoms. The van der Waals surface area contributed by atoms with Gasteiger partial charge in [-0.15, -0.1) is 0 Å². The molecule has 2 aromatic rings. The first-order chi connectivity index (χ1) is 11.7. The van der Waals surface area contributed by atoms with E-state index in [2.05, 4.69) is 67.4 Å². The molecule has 4 nitrogen and oxygen atoms in total. The third-order valence-electron chi connectivity index (χ3n) is 4.76. The number of halogens is 1. The largest absolute Gasteiger partial charge is 0.369 e. The second kappa shape index (κ2) is 6.57. The topological polar surface area (TPSA) is 35.6 Å². The summed E-state index contributed by atoms with van der Waals surface area (Å²) in [6.07, 6.45) is 0.514. The number of hydrogen-bond donors (Lipinski definition) is 1. The molecule has 1 N–H and O–H groups in total. The van der Waals surface area contributed by atoms with Gasteiger partial charge in [-0.05, 0) is 41.5 Å². The van der Waals surface area contributed by atoms with Gasteiger partial charge in [0.05, 0.1) is 6.42 Å². The van der Waals surface area contributed by atoms with Crippen LogP contribution < -0.4 is 10.2 Å². The Morgan fingerprint density at radius 2 is 1.75 bits per heavy atom. The van der Waals surface area contributed by atoms with Crippen LogP contribution in [-0.2, 0) is 17.8 Å². The van der Waals surface area contributed by atoms with E-state index in [1.54, 1.807) is 0 Å². The van der Waals surface area contributed by atoms with E-state index in [-0.39, 0.29) is 5.91 Å². The number of benzene rings is 2. The first-order valence-corrected chi connectivity index (χ1v) is 9.11. The van der Waals surface area contributed by atoms with Gasteiger partial charge in [-0.3, -0.25) is 9.69 Å². The molecule has 0 radical (unpaired) electrons. The second-order valence-electron chi connectivity index (χ2n) is 6.46. The third kappa shape index (κ3) is 3.32. The number of nitrogens with one attached hydrogen (secondary N) is 1. The van der Waals surface area contributed by atoms with E-state index in [1.165, 1.54) is 11.3 Å². The van der Waals surface area contributed by atoms with E-state index < -0.39 is 0 Å². The van der Waals surface area contributed by atoms with Crippen LogP contribution in [0.1, 0.15) is 11.1 Å². The summed E-state index contributed by atoms with van der Waals surface area (Å²) in [5, 5.41) is 2.89. The number of hydrogen-bond acceptors (Lipinski definition) is 3. The summed E-state index contributed by atoms with van der Waals surface area (Å²) in [4.78, 5) is 16.4. The lowest BCUT2D eigenvalue weighted by Crippen LogP contribution is -2.45. The third-order valence-corrected chi connectivity index (χ3v) is 5.29. The number of fused-ring (bicyclic) bond motifs is 1. The quantitative estimate of drug-likeness (QED) is 0.880. The number of carbonyl (C=O) groups is 1. The lowest BCUT2D eigenvalue weighted by Gasteiger charge is -2.36. The van der Waals surface area contributed by atoms with Crippen LogP contribution >= 0.6 is 15.9 Å². The minimum atomic E-state index is 0.102. The fourth-order valence-corrected chi connectivity index (χ4v) is 3.72. The summed E-state index contributed by atoms with van der Waals surface area (Å²) in [5.74, 6) is 0.102. The smallest absolute Gasteiger partial charge is 0.228 e. The Kier molecular flexibility index (Phi) is 4.29. The summed E-state index contributed by atoms with van der Waals surface area (Å²) in [7, 11) is 0. The van der Waals surface area contributed by atoms with Gasteiger partial charge in [-0.25, -0.2) is 0 Å². The lowest BCUT2D eigenvalue weighted by molar-refractivity contribution is -0.115. The molecule has 5 heteroatoms. The molecular weight excluding hydrogens is 366 g/mol. The van der Waals surface area contributed by atoms with E-state index in [9.17, 15) is 4.79 Å². The molecule has 0 aromatic heterocycles. The van der Waals surface area contributed by atoms with Gasteiger partial charge in [0.25, 0.3) is 0 Å². The van der Waals surface area contributed by atoms with Crippen LogP contribution in [0.25, 0.3) is 0 Å². The number of amides is 1. The Morgan fingerprint density at radius 1 is 1.00 bits per heavy atom. The van der Waals surface area contributed by atoms with Gasteiger partial charge in [0, 0.05) is 48.6 Å². The van der Waals surface area contributed by atoms with Crippen molar-refractivity contribution in [3.8, 4) is 0 Å². The molecule has 0 atom stereocenters. The Balaban J connectivity index is 1.36. The van der Waals surface area contributed by atoms with Gasteiger partial charge in [-0.1, -0.05) is 28.1 Å². The maximum absolute atomic E-state index is 11.5. The van der Waals surface area contributed by atoms with Crippen molar-refractivity contribution >= 4 is 33.2 Å². The summed E-state index contributed by atoms with van der Waals surface area (Å²) in [5.41, 5.74) is 4.69. The standard InChI is InChI=1S/C19H20BrN3O/c20-16-2-4-17(5-3-16)23-9-7-22(8-10-23)13-14-1-6-18-15(11-14)12-19(24)21-18/h1-6,11H,7-10,12-13H2,(H,21,24). The lowest BCUT2D eigenvalue weighted by atomic mass is 10.1. The minimum absolute atomic E-state index is 0.102. The monoisotopic (exact) mass is 385 g/mol. The molecule has 4 rings (SSSR count). The Morgan fingerprint density at radius 3 is 2.50 bits per heavy atom. The first kappa shape index (κ1) is 15.7. The van der Waals surface area contributed by atoms with Gasteiger partial charge in [-0.2, -0.15) is 0 Å². The SMILES string of the molecule is O=C1Cc2cc(CN3CCN(c4ccc(Br)cc4)CC3)ccc2N1. The van der Waals surface area contributed by atoms with Crippen LogP contribution in [0.2, 0.25) is 0 Å². The molecule has 2 heterocycles. The van der Waals surface area contributed by atoms with Crippen molar-refractivity contribution in [3.63, 3.8) is 0 Å². The number of piperazine rings is 1. The van der Waals surface area contributed by atoms with Crippen LogP contribution in [0.3, 0.4) is 0 Å². The van der Waals surface area contributed by atoms with Crippen molar-refractivity contribution in [2.24, 2.45) is 0 Å². The molecule has 1 saturated heterocycles. The van der Waals surface area contributed by atoms with E-state index in [4.69, 9.17) is 0 Å². The zero-order valence-electron chi connectivity index (χ0n) is 13.5. The van der Waals surface area contributed by atoms with E-state index in [1.807, 2.05) is 6.07 Å². The van der Waals surface area contributed by atoms with Crippen molar-refractivity contribution in [3.05, 3.63) is 58.1 Å². The molecule has 2 aromatic carbocycles. The van der Waals surface area contributed by atoms with Crippen LogP contribution in [0, 0.1) is 0 Å². The normalized spacial score (nSPS) is 17.7. The van der Waals surface area contributed by atoms with E-state index in [0.29, 0.717) is 6.42 Å². The molecule has 124 valence electrons. The first-order valence-electron chi connectivity index (χ1n) is 8.32. The molecule has 0 aliphatic carbocycles. The molecule has 2 aliphatic heterocycles. The molecule has 2 aliphatic rings. The van der Waals surface area contributed by atoms with Crippen molar-refractivity contribution in [1.82, 2.24) is 4.90 Å². The highest BCUT2D eigenvalue weighted by Crippen LogP contribution is 2.25. The summed E-state index contributed by atoms with van der Waals surface area (Å²) < 4.78 is 1.12. The molecule has 0 saturated carbocycles. The van der Waals surface area contributed by atoms with Gasteiger partial charge < -0.3 is 10.2 Å². The van der Waals surface area contributed by atoms with Crippen LogP contribution in [-0.4, -0.2) is 37.0 Å². The fourth-order valence-electron chi connectivity index (χ4n) is 3.46. The minimum Gasteiger partial charge on any atom is -0.369 e. The maximum atomic E-state index is 11.5. The molecule has 0 unspecified atom stereocenters. The van der Waals surface area contributed by atoms with Crippen molar-refractivity contribution in [2.75, 3.05) is 36.4 Å². The van der Waals surface area contributed by atoms with E-state index in [0.717, 1.165) is 48.4 Å².